The highest BCUT2D eigenvalue weighted by atomic mass is 35.5. The summed E-state index contributed by atoms with van der Waals surface area (Å²) in [6.07, 6.45) is 0.790. The number of amides is 2. The molecule has 0 heterocycles. The van der Waals surface area contributed by atoms with Crippen LogP contribution in [0.25, 0.3) is 0 Å². The summed E-state index contributed by atoms with van der Waals surface area (Å²) < 4.78 is 11.0. The first-order chi connectivity index (χ1) is 16.0. The standard InChI is InChI=1S/C24H22ClN3O4S/c25-20-8-4-5-9-21(20)32-16-22(29)27-28-24(33)26-23(30)18-10-12-19(13-11-18)31-15-14-17-6-2-1-3-7-17/h1-13H,14-16H2,(H,27,29)(H2,26,28,30,33). The van der Waals surface area contributed by atoms with Crippen LogP contribution in [0.5, 0.6) is 11.5 Å². The Hall–Kier alpha value is -3.62. The summed E-state index contributed by atoms with van der Waals surface area (Å²) in [7, 11) is 0. The van der Waals surface area contributed by atoms with Crippen molar-refractivity contribution in [2.45, 2.75) is 6.42 Å². The average molecular weight is 484 g/mol. The molecule has 7 nitrogen and oxygen atoms in total. The Balaban J connectivity index is 1.36. The van der Waals surface area contributed by atoms with Crippen LogP contribution in [-0.2, 0) is 11.2 Å². The third kappa shape index (κ3) is 8.10. The molecule has 3 rings (SSSR count). The highest BCUT2D eigenvalue weighted by Crippen LogP contribution is 2.22. The Morgan fingerprint density at radius 3 is 2.27 bits per heavy atom. The van der Waals surface area contributed by atoms with E-state index in [9.17, 15) is 9.59 Å². The minimum atomic E-state index is -0.497. The number of benzene rings is 3. The van der Waals surface area contributed by atoms with Gasteiger partial charge in [0.05, 0.1) is 11.6 Å². The molecule has 0 saturated heterocycles. The van der Waals surface area contributed by atoms with E-state index in [1.165, 1.54) is 5.56 Å². The zero-order chi connectivity index (χ0) is 23.5. The maximum absolute atomic E-state index is 12.3. The molecule has 33 heavy (non-hydrogen) atoms. The summed E-state index contributed by atoms with van der Waals surface area (Å²) in [5.74, 6) is 0.125. The summed E-state index contributed by atoms with van der Waals surface area (Å²) >= 11 is 11.0. The molecule has 0 atom stereocenters. The highest BCUT2D eigenvalue weighted by molar-refractivity contribution is 7.80. The van der Waals surface area contributed by atoms with Crippen molar-refractivity contribution in [3.63, 3.8) is 0 Å². The molecular weight excluding hydrogens is 462 g/mol. The number of ether oxygens (including phenoxy) is 2. The molecule has 0 aliphatic carbocycles. The van der Waals surface area contributed by atoms with Gasteiger partial charge in [0.15, 0.2) is 11.7 Å². The van der Waals surface area contributed by atoms with Crippen LogP contribution >= 0.6 is 23.8 Å². The molecule has 170 valence electrons. The molecule has 0 aliphatic rings. The SMILES string of the molecule is O=C(COc1ccccc1Cl)NNC(=S)NC(=O)c1ccc(OCCc2ccccc2)cc1. The molecule has 0 aromatic heterocycles. The van der Waals surface area contributed by atoms with Gasteiger partial charge in [0, 0.05) is 12.0 Å². The predicted octanol–water partition coefficient (Wildman–Crippen LogP) is 3.68. The summed E-state index contributed by atoms with van der Waals surface area (Å²) in [6.45, 7) is 0.252. The summed E-state index contributed by atoms with van der Waals surface area (Å²) in [5.41, 5.74) is 6.38. The number of carbonyl (C=O) groups excluding carboxylic acids is 2. The van der Waals surface area contributed by atoms with Gasteiger partial charge in [-0.3, -0.25) is 25.8 Å². The lowest BCUT2D eigenvalue weighted by molar-refractivity contribution is -0.123. The highest BCUT2D eigenvalue weighted by Gasteiger charge is 2.10. The van der Waals surface area contributed by atoms with Gasteiger partial charge >= 0.3 is 0 Å². The van der Waals surface area contributed by atoms with E-state index in [2.05, 4.69) is 16.2 Å². The molecule has 0 fully saturated rings. The van der Waals surface area contributed by atoms with Crippen molar-refractivity contribution in [2.75, 3.05) is 13.2 Å². The molecule has 2 amide bonds. The van der Waals surface area contributed by atoms with Crippen molar-refractivity contribution in [3.8, 4) is 11.5 Å². The smallest absolute Gasteiger partial charge is 0.276 e. The molecule has 0 aliphatic heterocycles. The van der Waals surface area contributed by atoms with E-state index in [-0.39, 0.29) is 11.7 Å². The van der Waals surface area contributed by atoms with E-state index in [0.717, 1.165) is 6.42 Å². The molecule has 3 aromatic carbocycles. The van der Waals surface area contributed by atoms with E-state index < -0.39 is 11.8 Å². The van der Waals surface area contributed by atoms with Gasteiger partial charge in [-0.2, -0.15) is 0 Å². The van der Waals surface area contributed by atoms with Gasteiger partial charge in [-0.25, -0.2) is 0 Å². The van der Waals surface area contributed by atoms with E-state index >= 15 is 0 Å². The van der Waals surface area contributed by atoms with Gasteiger partial charge in [0.2, 0.25) is 0 Å². The van der Waals surface area contributed by atoms with E-state index in [0.29, 0.717) is 28.7 Å². The third-order valence-electron chi connectivity index (χ3n) is 4.36. The first-order valence-corrected chi connectivity index (χ1v) is 10.8. The van der Waals surface area contributed by atoms with Crippen molar-refractivity contribution in [1.29, 1.82) is 0 Å². The topological polar surface area (TPSA) is 88.7 Å². The Morgan fingerprint density at radius 1 is 0.848 bits per heavy atom. The Morgan fingerprint density at radius 2 is 1.55 bits per heavy atom. The molecule has 0 spiro atoms. The number of carbonyl (C=O) groups is 2. The summed E-state index contributed by atoms with van der Waals surface area (Å²) in [5, 5.41) is 2.82. The first kappa shape index (κ1) is 24.0. The summed E-state index contributed by atoms with van der Waals surface area (Å²) in [6, 6.07) is 23.5. The van der Waals surface area contributed by atoms with Gasteiger partial charge in [0.25, 0.3) is 11.8 Å². The second-order valence-electron chi connectivity index (χ2n) is 6.78. The number of hydrogen-bond acceptors (Lipinski definition) is 5. The lowest BCUT2D eigenvalue weighted by atomic mass is 10.2. The van der Waals surface area contributed by atoms with Crippen molar-refractivity contribution in [2.24, 2.45) is 0 Å². The van der Waals surface area contributed by atoms with Gasteiger partial charge < -0.3 is 9.47 Å². The largest absolute Gasteiger partial charge is 0.493 e. The molecule has 3 N–H and O–H groups in total. The summed E-state index contributed by atoms with van der Waals surface area (Å²) in [4.78, 5) is 24.2. The Bertz CT molecular complexity index is 1090. The molecule has 0 radical (unpaired) electrons. The van der Waals surface area contributed by atoms with Crippen LogP contribution in [0, 0.1) is 0 Å². The Labute approximate surface area is 202 Å². The van der Waals surface area contributed by atoms with Crippen LogP contribution in [0.1, 0.15) is 15.9 Å². The van der Waals surface area contributed by atoms with E-state index in [1.54, 1.807) is 48.5 Å². The van der Waals surface area contributed by atoms with Gasteiger partial charge in [0.1, 0.15) is 11.5 Å². The fourth-order valence-electron chi connectivity index (χ4n) is 2.71. The van der Waals surface area contributed by atoms with Crippen LogP contribution in [-0.4, -0.2) is 30.1 Å². The fourth-order valence-corrected chi connectivity index (χ4v) is 3.04. The fraction of sp³-hybridized carbons (Fsp3) is 0.125. The van der Waals surface area contributed by atoms with Crippen LogP contribution in [0.3, 0.4) is 0 Å². The quantitative estimate of drug-likeness (QED) is 0.334. The monoisotopic (exact) mass is 483 g/mol. The second-order valence-corrected chi connectivity index (χ2v) is 7.60. The number of rotatable bonds is 8. The average Bonchev–Trinajstić information content (AvgIpc) is 2.83. The van der Waals surface area contributed by atoms with Gasteiger partial charge in [-0.15, -0.1) is 0 Å². The van der Waals surface area contributed by atoms with Crippen LogP contribution in [0.4, 0.5) is 0 Å². The van der Waals surface area contributed by atoms with Crippen LogP contribution in [0.2, 0.25) is 5.02 Å². The maximum Gasteiger partial charge on any atom is 0.276 e. The first-order valence-electron chi connectivity index (χ1n) is 10.1. The van der Waals surface area contributed by atoms with Crippen molar-refractivity contribution < 1.29 is 19.1 Å². The zero-order valence-corrected chi connectivity index (χ0v) is 19.1. The van der Waals surface area contributed by atoms with E-state index in [1.807, 2.05) is 30.3 Å². The molecule has 3 aromatic rings. The molecule has 0 saturated carbocycles. The molecule has 0 bridgehead atoms. The predicted molar refractivity (Wildman–Crippen MR) is 130 cm³/mol. The lowest BCUT2D eigenvalue weighted by Gasteiger charge is -2.12. The molecule has 0 unspecified atom stereocenters. The second kappa shape index (κ2) is 12.4. The maximum atomic E-state index is 12.3. The number of para-hydroxylation sites is 1. The Kier molecular flexibility index (Phi) is 9.05. The minimum absolute atomic E-state index is 0.0609. The molecular formula is C24H22ClN3O4S. The van der Waals surface area contributed by atoms with Gasteiger partial charge in [-0.1, -0.05) is 54.1 Å². The number of thiocarbonyl (C=S) groups is 1. The van der Waals surface area contributed by atoms with Crippen molar-refractivity contribution in [3.05, 3.63) is 95.0 Å². The minimum Gasteiger partial charge on any atom is -0.493 e. The zero-order valence-electron chi connectivity index (χ0n) is 17.5. The van der Waals surface area contributed by atoms with E-state index in [4.69, 9.17) is 33.3 Å². The van der Waals surface area contributed by atoms with Crippen molar-refractivity contribution in [1.82, 2.24) is 16.2 Å². The number of halogens is 1. The van der Waals surface area contributed by atoms with Gasteiger partial charge in [-0.05, 0) is 54.2 Å². The third-order valence-corrected chi connectivity index (χ3v) is 4.87. The number of hydrazine groups is 1. The molecule has 9 heteroatoms. The lowest BCUT2D eigenvalue weighted by Crippen LogP contribution is -2.49. The van der Waals surface area contributed by atoms with Crippen molar-refractivity contribution >= 4 is 40.7 Å². The number of nitrogens with one attached hydrogen (secondary N) is 3. The van der Waals surface area contributed by atoms with Crippen LogP contribution < -0.4 is 25.6 Å². The van der Waals surface area contributed by atoms with Crippen LogP contribution in [0.15, 0.2) is 78.9 Å². The number of hydrogen-bond donors (Lipinski definition) is 3. The normalized spacial score (nSPS) is 10.1.